The number of pyridine rings is 1. The lowest BCUT2D eigenvalue weighted by molar-refractivity contribution is -0.175. The predicted molar refractivity (Wildman–Crippen MR) is 117 cm³/mol. The van der Waals surface area contributed by atoms with Gasteiger partial charge in [-0.15, -0.1) is 0 Å². The molecule has 5 heterocycles. The molecule has 2 unspecified atom stereocenters. The van der Waals surface area contributed by atoms with Gasteiger partial charge in [-0.1, -0.05) is 11.6 Å². The van der Waals surface area contributed by atoms with E-state index in [1.807, 2.05) is 25.3 Å². The van der Waals surface area contributed by atoms with Gasteiger partial charge in [0.15, 0.2) is 0 Å². The van der Waals surface area contributed by atoms with Crippen molar-refractivity contribution in [2.45, 2.75) is 50.6 Å². The third-order valence-electron chi connectivity index (χ3n) is 7.24. The molecule has 0 N–H and O–H groups in total. The minimum Gasteiger partial charge on any atom is -0.342 e. The molecule has 0 aliphatic carbocycles. The molecule has 6 rings (SSSR count). The largest absolute Gasteiger partial charge is 0.342 e. The van der Waals surface area contributed by atoms with Crippen LogP contribution in [0, 0.1) is 6.92 Å². The van der Waals surface area contributed by atoms with E-state index < -0.39 is 5.79 Å². The molecular formula is C24H26ClN3O2. The fourth-order valence-electron chi connectivity index (χ4n) is 5.80. The van der Waals surface area contributed by atoms with Crippen molar-refractivity contribution in [2.24, 2.45) is 0 Å². The topological polar surface area (TPSA) is 39.5 Å². The van der Waals surface area contributed by atoms with Crippen molar-refractivity contribution < 1.29 is 9.47 Å². The van der Waals surface area contributed by atoms with Crippen molar-refractivity contribution in [3.05, 3.63) is 64.1 Å². The van der Waals surface area contributed by atoms with Gasteiger partial charge in [0.1, 0.15) is 0 Å². The van der Waals surface area contributed by atoms with Crippen LogP contribution in [0.25, 0.3) is 10.9 Å². The second kappa shape index (κ2) is 6.79. The molecule has 2 atom stereocenters. The third kappa shape index (κ3) is 2.69. The summed E-state index contributed by atoms with van der Waals surface area (Å²) in [6.07, 6.45) is 5.36. The third-order valence-corrected chi connectivity index (χ3v) is 7.47. The summed E-state index contributed by atoms with van der Waals surface area (Å²) < 4.78 is 15.0. The Hall–Kier alpha value is -1.92. The number of rotatable bonds is 3. The van der Waals surface area contributed by atoms with E-state index in [-0.39, 0.29) is 0 Å². The summed E-state index contributed by atoms with van der Waals surface area (Å²) in [6, 6.07) is 11.5. The zero-order chi connectivity index (χ0) is 20.5. The van der Waals surface area contributed by atoms with Crippen LogP contribution in [0.1, 0.15) is 41.4 Å². The number of benzene rings is 1. The number of hydrogen-bond donors (Lipinski definition) is 0. The van der Waals surface area contributed by atoms with Gasteiger partial charge < -0.3 is 14.0 Å². The van der Waals surface area contributed by atoms with Crippen LogP contribution in [0.15, 0.2) is 36.5 Å². The van der Waals surface area contributed by atoms with E-state index in [0.29, 0.717) is 31.8 Å². The van der Waals surface area contributed by atoms with Crippen molar-refractivity contribution >= 4 is 22.5 Å². The van der Waals surface area contributed by atoms with Gasteiger partial charge in [-0.3, -0.25) is 9.88 Å². The molecule has 156 valence electrons. The first kappa shape index (κ1) is 18.8. The van der Waals surface area contributed by atoms with Gasteiger partial charge in [0.2, 0.25) is 5.79 Å². The molecule has 3 aliphatic rings. The molecule has 2 bridgehead atoms. The van der Waals surface area contributed by atoms with Crippen molar-refractivity contribution in [3.8, 4) is 0 Å². The molecular weight excluding hydrogens is 398 g/mol. The molecule has 30 heavy (non-hydrogen) atoms. The van der Waals surface area contributed by atoms with Crippen LogP contribution >= 0.6 is 11.6 Å². The Labute approximate surface area is 181 Å². The minimum absolute atomic E-state index is 0.463. The normalized spacial score (nSPS) is 25.2. The van der Waals surface area contributed by atoms with Crippen molar-refractivity contribution in [1.82, 2.24) is 14.5 Å². The lowest BCUT2D eigenvalue weighted by atomic mass is 9.97. The Balaban J connectivity index is 1.54. The zero-order valence-electron chi connectivity index (χ0n) is 17.4. The quantitative estimate of drug-likeness (QED) is 0.617. The Kier molecular flexibility index (Phi) is 4.26. The monoisotopic (exact) mass is 423 g/mol. The number of fused-ring (bicyclic) bond motifs is 6. The number of aromatic nitrogens is 2. The van der Waals surface area contributed by atoms with Gasteiger partial charge >= 0.3 is 0 Å². The standard InChI is InChI=1S/C24H26ClN3O2/c1-15-11-16(7-8-26-15)24(29-9-10-30-24)14-28-20-5-3-17(25)12-19(20)23-21-6-4-18(27(21)2)13-22(23)28/h3,5,7-8,11-12,18,21H,4,6,9-10,13-14H2,1-2H3. The van der Waals surface area contributed by atoms with Gasteiger partial charge in [-0.25, -0.2) is 0 Å². The Morgan fingerprint density at radius 3 is 2.80 bits per heavy atom. The van der Waals surface area contributed by atoms with E-state index >= 15 is 0 Å². The summed E-state index contributed by atoms with van der Waals surface area (Å²) in [5.41, 5.74) is 6.09. The number of aryl methyl sites for hydroxylation is 1. The van der Waals surface area contributed by atoms with E-state index in [4.69, 9.17) is 21.1 Å². The highest BCUT2D eigenvalue weighted by atomic mass is 35.5. The first-order valence-electron chi connectivity index (χ1n) is 10.8. The first-order chi connectivity index (χ1) is 14.6. The minimum atomic E-state index is -0.782. The molecule has 2 fully saturated rings. The fraction of sp³-hybridized carbons (Fsp3) is 0.458. The molecule has 0 spiro atoms. The summed E-state index contributed by atoms with van der Waals surface area (Å²) in [7, 11) is 2.27. The summed E-state index contributed by atoms with van der Waals surface area (Å²) in [5.74, 6) is -0.782. The molecule has 3 aromatic rings. The molecule has 0 amide bonds. The zero-order valence-corrected chi connectivity index (χ0v) is 18.2. The predicted octanol–water partition coefficient (Wildman–Crippen LogP) is 4.59. The van der Waals surface area contributed by atoms with E-state index in [1.54, 1.807) is 0 Å². The highest BCUT2D eigenvalue weighted by Gasteiger charge is 2.44. The number of halogens is 1. The van der Waals surface area contributed by atoms with Gasteiger partial charge in [0.25, 0.3) is 0 Å². The first-order valence-corrected chi connectivity index (χ1v) is 11.2. The molecule has 5 nitrogen and oxygen atoms in total. The molecule has 2 saturated heterocycles. The maximum Gasteiger partial charge on any atom is 0.213 e. The lowest BCUT2D eigenvalue weighted by Crippen LogP contribution is -2.37. The Morgan fingerprint density at radius 2 is 2.00 bits per heavy atom. The van der Waals surface area contributed by atoms with E-state index in [2.05, 4.69) is 39.7 Å². The smallest absolute Gasteiger partial charge is 0.213 e. The van der Waals surface area contributed by atoms with Crippen LogP contribution < -0.4 is 0 Å². The second-order valence-corrected chi connectivity index (χ2v) is 9.30. The molecule has 1 aromatic carbocycles. The van der Waals surface area contributed by atoms with E-state index in [1.165, 1.54) is 35.0 Å². The van der Waals surface area contributed by atoms with Gasteiger partial charge in [-0.05, 0) is 62.7 Å². The van der Waals surface area contributed by atoms with Crippen LogP contribution in [-0.2, 0) is 28.2 Å². The van der Waals surface area contributed by atoms with Crippen molar-refractivity contribution in [1.29, 1.82) is 0 Å². The van der Waals surface area contributed by atoms with Crippen LogP contribution in [-0.4, -0.2) is 40.8 Å². The number of hydrogen-bond acceptors (Lipinski definition) is 4. The highest BCUT2D eigenvalue weighted by molar-refractivity contribution is 6.31. The molecule has 3 aliphatic heterocycles. The molecule has 0 radical (unpaired) electrons. The Morgan fingerprint density at radius 1 is 1.17 bits per heavy atom. The maximum atomic E-state index is 6.44. The highest BCUT2D eigenvalue weighted by Crippen LogP contribution is 2.48. The summed E-state index contributed by atoms with van der Waals surface area (Å²) in [5, 5.41) is 2.06. The summed E-state index contributed by atoms with van der Waals surface area (Å²) in [4.78, 5) is 6.92. The molecule has 0 saturated carbocycles. The number of ether oxygens (including phenoxy) is 2. The van der Waals surface area contributed by atoms with Crippen LogP contribution in [0.5, 0.6) is 0 Å². The van der Waals surface area contributed by atoms with E-state index in [9.17, 15) is 0 Å². The van der Waals surface area contributed by atoms with Crippen LogP contribution in [0.4, 0.5) is 0 Å². The number of nitrogens with zero attached hydrogens (tertiary/aromatic N) is 3. The van der Waals surface area contributed by atoms with Crippen molar-refractivity contribution in [3.63, 3.8) is 0 Å². The summed E-state index contributed by atoms with van der Waals surface area (Å²) >= 11 is 6.44. The average Bonchev–Trinajstić information content (AvgIpc) is 3.38. The molecule has 2 aromatic heterocycles. The SMILES string of the molecule is Cc1cc(C2(Cn3c4c(c5cc(Cl)ccc53)C3CCC(C4)N3C)OCCO2)ccn1. The van der Waals surface area contributed by atoms with Crippen molar-refractivity contribution in [2.75, 3.05) is 20.3 Å². The Bertz CT molecular complexity index is 1130. The molecule has 6 heteroatoms. The average molecular weight is 424 g/mol. The van der Waals surface area contributed by atoms with Crippen LogP contribution in [0.2, 0.25) is 5.02 Å². The second-order valence-electron chi connectivity index (χ2n) is 8.86. The maximum absolute atomic E-state index is 6.44. The number of likely N-dealkylation sites (N-methyl/N-ethyl adjacent to an activating group) is 1. The van der Waals surface area contributed by atoms with Gasteiger partial charge in [0, 0.05) is 57.6 Å². The van der Waals surface area contributed by atoms with Crippen LogP contribution in [0.3, 0.4) is 0 Å². The van der Waals surface area contributed by atoms with Gasteiger partial charge in [0.05, 0.1) is 19.8 Å². The fourth-order valence-corrected chi connectivity index (χ4v) is 5.97. The van der Waals surface area contributed by atoms with Gasteiger partial charge in [-0.2, -0.15) is 0 Å². The lowest BCUT2D eigenvalue weighted by Gasteiger charge is -2.34. The summed E-state index contributed by atoms with van der Waals surface area (Å²) in [6.45, 7) is 3.84. The van der Waals surface area contributed by atoms with E-state index in [0.717, 1.165) is 22.7 Å².